The van der Waals surface area contributed by atoms with E-state index in [0.29, 0.717) is 13.0 Å². The highest BCUT2D eigenvalue weighted by molar-refractivity contribution is 5.79. The molecule has 3 atom stereocenters. The molecule has 0 bridgehead atoms. The minimum absolute atomic E-state index is 0.0250. The van der Waals surface area contributed by atoms with Crippen molar-refractivity contribution in [3.63, 3.8) is 0 Å². The van der Waals surface area contributed by atoms with Gasteiger partial charge in [-0.25, -0.2) is 0 Å². The van der Waals surface area contributed by atoms with Crippen molar-refractivity contribution in [2.75, 3.05) is 13.2 Å². The van der Waals surface area contributed by atoms with Crippen molar-refractivity contribution in [1.29, 1.82) is 0 Å². The predicted octanol–water partition coefficient (Wildman–Crippen LogP) is 1.54. The van der Waals surface area contributed by atoms with Crippen molar-refractivity contribution in [3.05, 3.63) is 35.4 Å². The highest BCUT2D eigenvalue weighted by Crippen LogP contribution is 2.41. The van der Waals surface area contributed by atoms with Crippen molar-refractivity contribution in [3.8, 4) is 11.8 Å². The largest absolute Gasteiger partial charge is 0.394 e. The number of carbonyl (C=O) groups is 2. The highest BCUT2D eigenvalue weighted by atomic mass is 16.3. The van der Waals surface area contributed by atoms with E-state index >= 15 is 0 Å². The second-order valence-corrected chi connectivity index (χ2v) is 8.05. The summed E-state index contributed by atoms with van der Waals surface area (Å²) in [5, 5.41) is 23.1. The third kappa shape index (κ3) is 4.63. The number of amides is 2. The van der Waals surface area contributed by atoms with Crippen molar-refractivity contribution in [1.82, 2.24) is 10.2 Å². The van der Waals surface area contributed by atoms with Crippen LogP contribution in [0.3, 0.4) is 0 Å². The summed E-state index contributed by atoms with van der Waals surface area (Å²) in [6.07, 6.45) is 3.83. The van der Waals surface area contributed by atoms with Crippen LogP contribution in [0.15, 0.2) is 24.3 Å². The molecule has 1 aliphatic heterocycles. The number of carbonyl (C=O) groups excluding carboxylic acids is 2. The molecule has 0 aromatic heterocycles. The minimum atomic E-state index is -0.862. The Morgan fingerprint density at radius 1 is 1.21 bits per heavy atom. The average Bonchev–Trinajstić information content (AvgIpc) is 3.13. The topological polar surface area (TPSA) is 89.9 Å². The number of hydrogen-bond donors (Lipinski definition) is 3. The summed E-state index contributed by atoms with van der Waals surface area (Å²) in [4.78, 5) is 25.4. The van der Waals surface area contributed by atoms with Crippen molar-refractivity contribution < 1.29 is 19.8 Å². The summed E-state index contributed by atoms with van der Waals surface area (Å²) < 4.78 is 0. The van der Waals surface area contributed by atoms with E-state index < -0.39 is 5.60 Å². The maximum atomic E-state index is 12.4. The smallest absolute Gasteiger partial charge is 0.222 e. The molecule has 0 spiro atoms. The van der Waals surface area contributed by atoms with Gasteiger partial charge >= 0.3 is 0 Å². The Balaban J connectivity index is 1.78. The van der Waals surface area contributed by atoms with Gasteiger partial charge in [-0.3, -0.25) is 9.59 Å². The Bertz CT molecular complexity index is 802. The third-order valence-corrected chi connectivity index (χ3v) is 6.05. The maximum Gasteiger partial charge on any atom is 0.222 e. The Morgan fingerprint density at radius 3 is 2.41 bits per heavy atom. The molecule has 0 unspecified atom stereocenters. The molecule has 6 heteroatoms. The van der Waals surface area contributed by atoms with E-state index in [4.69, 9.17) is 0 Å². The lowest BCUT2D eigenvalue weighted by Gasteiger charge is -2.55. The molecular formula is C23H30N2O4. The van der Waals surface area contributed by atoms with Gasteiger partial charge in [0, 0.05) is 31.4 Å². The van der Waals surface area contributed by atoms with Gasteiger partial charge in [0.15, 0.2) is 0 Å². The quantitative estimate of drug-likeness (QED) is 0.657. The fraction of sp³-hybridized carbons (Fsp3) is 0.565. The van der Waals surface area contributed by atoms with Crippen LogP contribution in [-0.4, -0.2) is 57.8 Å². The summed E-state index contributed by atoms with van der Waals surface area (Å²) in [5.41, 5.74) is 0.970. The summed E-state index contributed by atoms with van der Waals surface area (Å²) in [6.45, 7) is 3.48. The van der Waals surface area contributed by atoms with Crippen LogP contribution in [0.25, 0.3) is 0 Å². The van der Waals surface area contributed by atoms with Gasteiger partial charge in [-0.05, 0) is 43.4 Å². The van der Waals surface area contributed by atoms with E-state index in [1.807, 2.05) is 24.3 Å². The van der Waals surface area contributed by atoms with Gasteiger partial charge in [0.1, 0.15) is 5.60 Å². The first-order chi connectivity index (χ1) is 13.9. The molecule has 2 fully saturated rings. The van der Waals surface area contributed by atoms with Gasteiger partial charge < -0.3 is 20.4 Å². The first-order valence-corrected chi connectivity index (χ1v) is 10.4. The van der Waals surface area contributed by atoms with Gasteiger partial charge in [-0.2, -0.15) is 0 Å². The molecule has 1 aromatic carbocycles. The van der Waals surface area contributed by atoms with E-state index in [2.05, 4.69) is 17.2 Å². The van der Waals surface area contributed by atoms with Crippen molar-refractivity contribution in [2.45, 2.75) is 69.6 Å². The summed E-state index contributed by atoms with van der Waals surface area (Å²) >= 11 is 0. The molecule has 1 saturated heterocycles. The molecule has 1 aliphatic carbocycles. The molecular weight excluding hydrogens is 368 g/mol. The van der Waals surface area contributed by atoms with E-state index in [-0.39, 0.29) is 36.4 Å². The van der Waals surface area contributed by atoms with E-state index in [1.165, 1.54) is 6.92 Å². The summed E-state index contributed by atoms with van der Waals surface area (Å²) in [6, 6.07) is 7.27. The van der Waals surface area contributed by atoms with Crippen LogP contribution < -0.4 is 5.32 Å². The monoisotopic (exact) mass is 398 g/mol. The highest BCUT2D eigenvalue weighted by Gasteiger charge is 2.50. The van der Waals surface area contributed by atoms with E-state index in [9.17, 15) is 19.8 Å². The van der Waals surface area contributed by atoms with Crippen LogP contribution in [0.1, 0.15) is 63.0 Å². The number of likely N-dealkylation sites (tertiary alicyclic amines) is 1. The molecule has 3 N–H and O–H groups in total. The number of benzene rings is 1. The zero-order chi connectivity index (χ0) is 21.0. The van der Waals surface area contributed by atoms with Crippen molar-refractivity contribution >= 4 is 11.8 Å². The zero-order valence-corrected chi connectivity index (χ0v) is 17.1. The standard InChI is InChI=1S/C23H30N2O4/c1-3-21(28)25-19(14-24-16(2)27)22(20(25)15-26)18-8-6-17(7-9-18)10-13-23(29)11-4-5-12-23/h6-9,19-20,22,26,29H,3-5,11-12,14-15H2,1-2H3,(H,24,27)/t19-,20+,22+/m0/s1. The molecule has 29 heavy (non-hydrogen) atoms. The molecule has 1 saturated carbocycles. The summed E-state index contributed by atoms with van der Waals surface area (Å²) in [7, 11) is 0. The van der Waals surface area contributed by atoms with Gasteiger partial charge in [0.2, 0.25) is 11.8 Å². The summed E-state index contributed by atoms with van der Waals surface area (Å²) in [5.74, 6) is 5.86. The molecule has 1 heterocycles. The molecule has 1 aromatic rings. The van der Waals surface area contributed by atoms with Gasteiger partial charge in [0.25, 0.3) is 0 Å². The maximum absolute atomic E-state index is 12.4. The molecule has 156 valence electrons. The van der Waals surface area contributed by atoms with Crippen molar-refractivity contribution in [2.24, 2.45) is 0 Å². The van der Waals surface area contributed by atoms with Gasteiger partial charge in [-0.1, -0.05) is 30.9 Å². The fourth-order valence-electron chi connectivity index (χ4n) is 4.48. The molecule has 2 aliphatic rings. The van der Waals surface area contributed by atoms with Crippen LogP contribution in [0, 0.1) is 11.8 Å². The normalized spacial score (nSPS) is 25.0. The SMILES string of the molecule is CCC(=O)N1[C@H](CO)[C@H](c2ccc(C#CC3(O)CCCC3)cc2)[C@@H]1CNC(C)=O. The number of nitrogens with zero attached hydrogens (tertiary/aromatic N) is 1. The zero-order valence-electron chi connectivity index (χ0n) is 17.1. The van der Waals surface area contributed by atoms with Crippen LogP contribution in [-0.2, 0) is 9.59 Å². The average molecular weight is 399 g/mol. The molecule has 0 radical (unpaired) electrons. The van der Waals surface area contributed by atoms with Gasteiger partial charge in [-0.15, -0.1) is 0 Å². The second-order valence-electron chi connectivity index (χ2n) is 8.05. The minimum Gasteiger partial charge on any atom is -0.394 e. The first-order valence-electron chi connectivity index (χ1n) is 10.4. The number of aliphatic hydroxyl groups is 2. The Labute approximate surface area is 172 Å². The number of rotatable bonds is 5. The van der Waals surface area contributed by atoms with Gasteiger partial charge in [0.05, 0.1) is 18.7 Å². The van der Waals surface area contributed by atoms with Crippen LogP contribution >= 0.6 is 0 Å². The Hall–Kier alpha value is -2.36. The molecule has 6 nitrogen and oxygen atoms in total. The lowest BCUT2D eigenvalue weighted by atomic mass is 9.74. The lowest BCUT2D eigenvalue weighted by Crippen LogP contribution is -2.68. The second kappa shape index (κ2) is 8.98. The van der Waals surface area contributed by atoms with Crippen LogP contribution in [0.5, 0.6) is 0 Å². The molecule has 2 amide bonds. The van der Waals surface area contributed by atoms with E-state index in [0.717, 1.165) is 36.8 Å². The first kappa shape index (κ1) is 21.4. The Morgan fingerprint density at radius 2 is 1.86 bits per heavy atom. The number of hydrogen-bond acceptors (Lipinski definition) is 4. The van der Waals surface area contributed by atoms with Crippen LogP contribution in [0.2, 0.25) is 0 Å². The van der Waals surface area contributed by atoms with E-state index in [1.54, 1.807) is 11.8 Å². The predicted molar refractivity (Wildman–Crippen MR) is 110 cm³/mol. The Kier molecular flexibility index (Phi) is 6.61. The third-order valence-electron chi connectivity index (χ3n) is 6.05. The molecule has 3 rings (SSSR count). The van der Waals surface area contributed by atoms with Crippen LogP contribution in [0.4, 0.5) is 0 Å². The number of nitrogens with one attached hydrogen (secondary N) is 1. The lowest BCUT2D eigenvalue weighted by molar-refractivity contribution is -0.150. The fourth-order valence-corrected chi connectivity index (χ4v) is 4.48. The number of aliphatic hydroxyl groups excluding tert-OH is 1.